The normalized spacial score (nSPS) is 17.0. The lowest BCUT2D eigenvalue weighted by Crippen LogP contribution is -2.50. The molecule has 0 unspecified atom stereocenters. The molecule has 1 saturated heterocycles. The molecule has 0 spiro atoms. The SMILES string of the molecule is Cc1ccc(S(=O)(=O)N2CCC(C(=O)N[C@@H](C)C(=O)N[C@H](C)CCc3ccccc3)CC2)cc1. The highest BCUT2D eigenvalue weighted by Crippen LogP contribution is 2.24. The Hall–Kier alpha value is -2.71. The summed E-state index contributed by atoms with van der Waals surface area (Å²) in [7, 11) is -3.57. The molecule has 0 bridgehead atoms. The highest BCUT2D eigenvalue weighted by atomic mass is 32.2. The third-order valence-electron chi connectivity index (χ3n) is 6.33. The van der Waals surface area contributed by atoms with Crippen LogP contribution in [-0.2, 0) is 26.0 Å². The van der Waals surface area contributed by atoms with Gasteiger partial charge in [0.2, 0.25) is 21.8 Å². The van der Waals surface area contributed by atoms with Crippen molar-refractivity contribution in [3.8, 4) is 0 Å². The lowest BCUT2D eigenvalue weighted by molar-refractivity contribution is -0.131. The summed E-state index contributed by atoms with van der Waals surface area (Å²) in [5, 5.41) is 5.77. The van der Waals surface area contributed by atoms with E-state index in [2.05, 4.69) is 22.8 Å². The first-order valence-electron chi connectivity index (χ1n) is 11.9. The zero-order valence-corrected chi connectivity index (χ0v) is 21.0. The Kier molecular flexibility index (Phi) is 8.85. The standard InChI is InChI=1S/C26H35N3O4S/c1-19-9-13-24(14-10-19)34(32,33)29-17-15-23(16-18-29)26(31)28-21(3)25(30)27-20(2)11-12-22-7-5-4-6-8-22/h4-10,13-14,20-21,23H,11-12,15-18H2,1-3H3,(H,27,30)(H,28,31)/t20-,21+/m1/s1. The molecule has 2 aromatic rings. The number of benzene rings is 2. The van der Waals surface area contributed by atoms with Crippen LogP contribution >= 0.6 is 0 Å². The second-order valence-electron chi connectivity index (χ2n) is 9.16. The number of hydrogen-bond acceptors (Lipinski definition) is 4. The van der Waals surface area contributed by atoms with Crippen LogP contribution in [0.1, 0.15) is 44.2 Å². The summed E-state index contributed by atoms with van der Waals surface area (Å²) < 4.78 is 27.2. The number of amides is 2. The van der Waals surface area contributed by atoms with Crippen molar-refractivity contribution in [1.29, 1.82) is 0 Å². The highest BCUT2D eigenvalue weighted by molar-refractivity contribution is 7.89. The van der Waals surface area contributed by atoms with Gasteiger partial charge in [-0.3, -0.25) is 9.59 Å². The maximum Gasteiger partial charge on any atom is 0.243 e. The van der Waals surface area contributed by atoms with Gasteiger partial charge in [0.15, 0.2) is 0 Å². The van der Waals surface area contributed by atoms with Crippen LogP contribution in [0.15, 0.2) is 59.5 Å². The molecule has 0 aliphatic carbocycles. The molecule has 1 aliphatic heterocycles. The molecule has 0 saturated carbocycles. The molecule has 1 fully saturated rings. The van der Waals surface area contributed by atoms with E-state index in [0.717, 1.165) is 18.4 Å². The number of carbonyl (C=O) groups excluding carboxylic acids is 2. The molecule has 1 aliphatic rings. The summed E-state index contributed by atoms with van der Waals surface area (Å²) in [6, 6.07) is 16.2. The van der Waals surface area contributed by atoms with Gasteiger partial charge in [-0.2, -0.15) is 4.31 Å². The molecule has 0 aromatic heterocycles. The van der Waals surface area contributed by atoms with E-state index in [-0.39, 0.29) is 41.8 Å². The van der Waals surface area contributed by atoms with Crippen molar-refractivity contribution in [2.24, 2.45) is 5.92 Å². The van der Waals surface area contributed by atoms with Crippen LogP contribution in [0.4, 0.5) is 0 Å². The van der Waals surface area contributed by atoms with Gasteiger partial charge in [-0.05, 0) is 64.2 Å². The van der Waals surface area contributed by atoms with E-state index in [0.29, 0.717) is 12.8 Å². The van der Waals surface area contributed by atoms with E-state index < -0.39 is 16.1 Å². The van der Waals surface area contributed by atoms with Crippen LogP contribution in [0, 0.1) is 12.8 Å². The summed E-state index contributed by atoms with van der Waals surface area (Å²) in [6.07, 6.45) is 2.54. The van der Waals surface area contributed by atoms with Crippen molar-refractivity contribution in [3.63, 3.8) is 0 Å². The van der Waals surface area contributed by atoms with Crippen LogP contribution in [0.25, 0.3) is 0 Å². The smallest absolute Gasteiger partial charge is 0.243 e. The molecule has 2 N–H and O–H groups in total. The molecule has 1 heterocycles. The van der Waals surface area contributed by atoms with E-state index in [1.165, 1.54) is 9.87 Å². The average molecular weight is 486 g/mol. The Morgan fingerprint density at radius 3 is 2.21 bits per heavy atom. The number of sulfonamides is 1. The molecule has 0 radical (unpaired) electrons. The largest absolute Gasteiger partial charge is 0.352 e. The maximum atomic E-state index is 12.9. The third-order valence-corrected chi connectivity index (χ3v) is 8.25. The van der Waals surface area contributed by atoms with Crippen molar-refractivity contribution in [2.75, 3.05) is 13.1 Å². The van der Waals surface area contributed by atoms with E-state index in [1.807, 2.05) is 32.0 Å². The molecule has 34 heavy (non-hydrogen) atoms. The first-order valence-corrected chi connectivity index (χ1v) is 13.3. The van der Waals surface area contributed by atoms with Crippen molar-refractivity contribution in [1.82, 2.24) is 14.9 Å². The predicted octanol–water partition coefficient (Wildman–Crippen LogP) is 3.04. The van der Waals surface area contributed by atoms with Crippen LogP contribution in [0.2, 0.25) is 0 Å². The summed E-state index contributed by atoms with van der Waals surface area (Å²) in [5.41, 5.74) is 2.22. The van der Waals surface area contributed by atoms with E-state index >= 15 is 0 Å². The predicted molar refractivity (Wildman–Crippen MR) is 133 cm³/mol. The first kappa shape index (κ1) is 25.9. The number of nitrogens with zero attached hydrogens (tertiary/aromatic N) is 1. The number of hydrogen-bond donors (Lipinski definition) is 2. The summed E-state index contributed by atoms with van der Waals surface area (Å²) >= 11 is 0. The van der Waals surface area contributed by atoms with Gasteiger partial charge >= 0.3 is 0 Å². The van der Waals surface area contributed by atoms with E-state index in [4.69, 9.17) is 0 Å². The molecule has 2 atom stereocenters. The molecule has 184 valence electrons. The van der Waals surface area contributed by atoms with Gasteiger partial charge in [0.1, 0.15) is 6.04 Å². The molecule has 7 nitrogen and oxygen atoms in total. The summed E-state index contributed by atoms with van der Waals surface area (Å²) in [4.78, 5) is 25.5. The summed E-state index contributed by atoms with van der Waals surface area (Å²) in [6.45, 7) is 6.11. The minimum absolute atomic E-state index is 0.0118. The monoisotopic (exact) mass is 485 g/mol. The van der Waals surface area contributed by atoms with Crippen LogP contribution in [-0.4, -0.2) is 49.7 Å². The second-order valence-corrected chi connectivity index (χ2v) is 11.1. The number of aryl methyl sites for hydroxylation is 2. The lowest BCUT2D eigenvalue weighted by Gasteiger charge is -2.31. The zero-order valence-electron chi connectivity index (χ0n) is 20.2. The first-order chi connectivity index (χ1) is 16.2. The van der Waals surface area contributed by atoms with Gasteiger partial charge in [0, 0.05) is 25.0 Å². The number of piperidine rings is 1. The Morgan fingerprint density at radius 1 is 0.971 bits per heavy atom. The highest BCUT2D eigenvalue weighted by Gasteiger charge is 2.33. The topological polar surface area (TPSA) is 95.6 Å². The number of carbonyl (C=O) groups is 2. The number of rotatable bonds is 9. The van der Waals surface area contributed by atoms with E-state index in [9.17, 15) is 18.0 Å². The van der Waals surface area contributed by atoms with E-state index in [1.54, 1.807) is 31.2 Å². The maximum absolute atomic E-state index is 12.9. The Morgan fingerprint density at radius 2 is 1.59 bits per heavy atom. The molecular weight excluding hydrogens is 450 g/mol. The van der Waals surface area contributed by atoms with Crippen LogP contribution in [0.3, 0.4) is 0 Å². The Labute approximate surface area is 203 Å². The second kappa shape index (κ2) is 11.6. The van der Waals surface area contributed by atoms with Gasteiger partial charge in [-0.25, -0.2) is 8.42 Å². The summed E-state index contributed by atoms with van der Waals surface area (Å²) in [5.74, 6) is -0.726. The minimum atomic E-state index is -3.57. The average Bonchev–Trinajstić information content (AvgIpc) is 2.83. The minimum Gasteiger partial charge on any atom is -0.352 e. The Balaban J connectivity index is 1.44. The zero-order chi connectivity index (χ0) is 24.7. The van der Waals surface area contributed by atoms with Gasteiger partial charge < -0.3 is 10.6 Å². The third kappa shape index (κ3) is 6.90. The lowest BCUT2D eigenvalue weighted by atomic mass is 9.97. The van der Waals surface area contributed by atoms with Gasteiger partial charge in [-0.1, -0.05) is 48.0 Å². The number of nitrogens with one attached hydrogen (secondary N) is 2. The van der Waals surface area contributed by atoms with Crippen LogP contribution in [0.5, 0.6) is 0 Å². The molecular formula is C26H35N3O4S. The molecule has 8 heteroatoms. The molecule has 2 aromatic carbocycles. The van der Waals surface area contributed by atoms with Crippen molar-refractivity contribution >= 4 is 21.8 Å². The molecule has 3 rings (SSSR count). The fraction of sp³-hybridized carbons (Fsp3) is 0.462. The van der Waals surface area contributed by atoms with Crippen molar-refractivity contribution in [2.45, 2.75) is 63.4 Å². The van der Waals surface area contributed by atoms with Gasteiger partial charge in [0.05, 0.1) is 4.90 Å². The fourth-order valence-electron chi connectivity index (χ4n) is 4.08. The molecule has 2 amide bonds. The Bertz CT molecular complexity index is 1060. The van der Waals surface area contributed by atoms with Crippen molar-refractivity contribution < 1.29 is 18.0 Å². The quantitative estimate of drug-likeness (QED) is 0.571. The van der Waals surface area contributed by atoms with Gasteiger partial charge in [0.25, 0.3) is 0 Å². The fourth-order valence-corrected chi connectivity index (χ4v) is 5.55. The van der Waals surface area contributed by atoms with Gasteiger partial charge in [-0.15, -0.1) is 0 Å². The van der Waals surface area contributed by atoms with Crippen molar-refractivity contribution in [3.05, 3.63) is 65.7 Å². The van der Waals surface area contributed by atoms with Crippen LogP contribution < -0.4 is 10.6 Å².